The van der Waals surface area contributed by atoms with Crippen molar-refractivity contribution in [1.29, 1.82) is 0 Å². The van der Waals surface area contributed by atoms with Gasteiger partial charge in [-0.25, -0.2) is 9.13 Å². The van der Waals surface area contributed by atoms with Crippen LogP contribution < -0.4 is 4.52 Å². The predicted octanol–water partition coefficient (Wildman–Crippen LogP) is 5.55. The van der Waals surface area contributed by atoms with Crippen LogP contribution in [0.2, 0.25) is 0 Å². The number of rotatable bonds is 6. The summed E-state index contributed by atoms with van der Waals surface area (Å²) in [7, 11) is -10.5. The van der Waals surface area contributed by atoms with Gasteiger partial charge in [0.15, 0.2) is 0 Å². The summed E-state index contributed by atoms with van der Waals surface area (Å²) in [4.78, 5) is 27.8. The Morgan fingerprint density at radius 1 is 0.719 bits per heavy atom. The van der Waals surface area contributed by atoms with Gasteiger partial charge < -0.3 is 19.4 Å². The number of hydrogen-bond acceptors (Lipinski definition) is 5. The van der Waals surface area contributed by atoms with Gasteiger partial charge in [-0.05, 0) is 67.1 Å². The highest BCUT2D eigenvalue weighted by Gasteiger charge is 2.35. The Labute approximate surface area is 186 Å². The molecule has 0 heterocycles. The molecule has 0 aromatic heterocycles. The van der Waals surface area contributed by atoms with Gasteiger partial charge in [0.05, 0.1) is 0 Å². The average molecular weight is 478 g/mol. The third-order valence-corrected chi connectivity index (χ3v) is 7.13. The Balaban J connectivity index is 2.30. The number of phosphoric ester groups is 1. The highest BCUT2D eigenvalue weighted by Crippen LogP contribution is 2.59. The first-order valence-corrected chi connectivity index (χ1v) is 12.6. The predicted molar refractivity (Wildman–Crippen MR) is 122 cm³/mol. The number of phenols is 1. The van der Waals surface area contributed by atoms with Crippen LogP contribution in [0.15, 0.2) is 48.5 Å². The second kappa shape index (κ2) is 8.83. The average Bonchev–Trinajstić information content (AvgIpc) is 2.61. The van der Waals surface area contributed by atoms with Crippen molar-refractivity contribution in [2.24, 2.45) is 0 Å². The van der Waals surface area contributed by atoms with Gasteiger partial charge in [0.1, 0.15) is 11.5 Å². The van der Waals surface area contributed by atoms with Crippen molar-refractivity contribution in [3.05, 3.63) is 70.8 Å². The topological polar surface area (TPSA) is 134 Å². The second-order valence-corrected chi connectivity index (χ2v) is 10.3. The summed E-state index contributed by atoms with van der Waals surface area (Å²) < 4.78 is 32.3. The molecule has 8 nitrogen and oxygen atoms in total. The lowest BCUT2D eigenvalue weighted by Crippen LogP contribution is -2.00. The van der Waals surface area contributed by atoms with E-state index >= 15 is 0 Å². The lowest BCUT2D eigenvalue weighted by atomic mass is 9.89. The number of aromatic hydroxyl groups is 1. The smallest absolute Gasteiger partial charge is 0.507 e. The minimum Gasteiger partial charge on any atom is -0.507 e. The lowest BCUT2D eigenvalue weighted by Gasteiger charge is -2.21. The monoisotopic (exact) mass is 478 g/mol. The van der Waals surface area contributed by atoms with E-state index in [2.05, 4.69) is 4.31 Å². The quantitative estimate of drug-likeness (QED) is 0.339. The largest absolute Gasteiger partial charge is 0.536 e. The molecular weight excluding hydrogens is 454 g/mol. The van der Waals surface area contributed by atoms with Crippen LogP contribution >= 0.6 is 15.6 Å². The van der Waals surface area contributed by atoms with Crippen LogP contribution in [0.5, 0.6) is 11.5 Å². The summed E-state index contributed by atoms with van der Waals surface area (Å²) in [6, 6.07) is 14.0. The van der Waals surface area contributed by atoms with E-state index in [0.29, 0.717) is 16.7 Å². The number of hydrogen-bond donors (Lipinski definition) is 4. The van der Waals surface area contributed by atoms with Gasteiger partial charge in [-0.3, -0.25) is 4.89 Å². The van der Waals surface area contributed by atoms with E-state index in [-0.39, 0.29) is 11.5 Å². The van der Waals surface area contributed by atoms with Crippen molar-refractivity contribution < 1.29 is 37.8 Å². The molecule has 0 fully saturated rings. The van der Waals surface area contributed by atoms with Crippen molar-refractivity contribution >= 4 is 15.6 Å². The third-order valence-electron chi connectivity index (χ3n) is 5.02. The van der Waals surface area contributed by atoms with Gasteiger partial charge in [0.25, 0.3) is 0 Å². The molecule has 0 bridgehead atoms. The molecule has 170 valence electrons. The van der Waals surface area contributed by atoms with Gasteiger partial charge in [-0.2, -0.15) is 4.31 Å². The summed E-state index contributed by atoms with van der Waals surface area (Å²) in [6.07, 6.45) is 0. The van der Waals surface area contributed by atoms with E-state index in [0.717, 1.165) is 33.9 Å². The molecule has 0 amide bonds. The molecule has 0 saturated heterocycles. The van der Waals surface area contributed by atoms with Crippen molar-refractivity contribution in [3.8, 4) is 33.8 Å². The molecule has 10 heteroatoms. The SMILES string of the molecule is Cc1cccc(C)c1-c1cc(-c2c(C)cccc2C)c(OP(=O)(O)OP(=O)(O)O)cc1O. The molecule has 1 atom stereocenters. The van der Waals surface area contributed by atoms with Crippen molar-refractivity contribution in [3.63, 3.8) is 0 Å². The van der Waals surface area contributed by atoms with E-state index < -0.39 is 15.6 Å². The molecule has 0 saturated carbocycles. The number of phosphoric acid groups is 2. The van der Waals surface area contributed by atoms with Crippen LogP contribution in [0.25, 0.3) is 22.3 Å². The maximum Gasteiger partial charge on any atom is 0.536 e. The fourth-order valence-corrected chi connectivity index (χ4v) is 5.40. The van der Waals surface area contributed by atoms with E-state index in [9.17, 15) is 19.1 Å². The Morgan fingerprint density at radius 2 is 1.16 bits per heavy atom. The first-order valence-electron chi connectivity index (χ1n) is 9.58. The summed E-state index contributed by atoms with van der Waals surface area (Å²) >= 11 is 0. The van der Waals surface area contributed by atoms with Gasteiger partial charge in [0.2, 0.25) is 0 Å². The van der Waals surface area contributed by atoms with Crippen LogP contribution in [-0.4, -0.2) is 19.8 Å². The van der Waals surface area contributed by atoms with Gasteiger partial charge >= 0.3 is 15.6 Å². The Hall–Kier alpha value is -2.44. The molecule has 1 unspecified atom stereocenters. The first-order chi connectivity index (χ1) is 14.8. The molecule has 4 N–H and O–H groups in total. The Bertz CT molecular complexity index is 1240. The highest BCUT2D eigenvalue weighted by molar-refractivity contribution is 7.60. The zero-order valence-corrected chi connectivity index (χ0v) is 19.7. The molecule has 3 aromatic rings. The zero-order chi connectivity index (χ0) is 23.8. The summed E-state index contributed by atoms with van der Waals surface area (Å²) in [5.74, 6) is -0.488. The first kappa shape index (κ1) is 24.2. The second-order valence-electron chi connectivity index (χ2n) is 7.53. The molecule has 0 radical (unpaired) electrons. The van der Waals surface area contributed by atoms with Crippen LogP contribution in [0.4, 0.5) is 0 Å². The van der Waals surface area contributed by atoms with E-state index in [1.165, 1.54) is 0 Å². The van der Waals surface area contributed by atoms with Crippen LogP contribution in [0.3, 0.4) is 0 Å². The minimum absolute atomic E-state index is 0.233. The van der Waals surface area contributed by atoms with Gasteiger partial charge in [-0.1, -0.05) is 36.4 Å². The van der Waals surface area contributed by atoms with Crippen molar-refractivity contribution in [2.45, 2.75) is 27.7 Å². The number of phenolic OH excluding ortho intramolecular Hbond substituents is 1. The molecule has 0 aliphatic heterocycles. The van der Waals surface area contributed by atoms with Crippen molar-refractivity contribution in [1.82, 2.24) is 0 Å². The van der Waals surface area contributed by atoms with Gasteiger partial charge in [0, 0.05) is 17.2 Å². The molecular formula is C22H24O8P2. The summed E-state index contributed by atoms with van der Waals surface area (Å²) in [5, 5.41) is 10.8. The number of aryl methyl sites for hydroxylation is 4. The maximum absolute atomic E-state index is 12.3. The molecule has 32 heavy (non-hydrogen) atoms. The van der Waals surface area contributed by atoms with E-state index in [4.69, 9.17) is 14.3 Å². The normalized spacial score (nSPS) is 13.6. The fraction of sp³-hybridized carbons (Fsp3) is 0.182. The summed E-state index contributed by atoms with van der Waals surface area (Å²) in [6.45, 7) is 7.51. The molecule has 3 rings (SSSR count). The minimum atomic E-state index is -5.31. The standard InChI is InChI=1S/C22H24O8P2/c1-13-7-5-8-14(2)21(13)17-11-18(22-15(3)9-6-10-16(22)4)20(12-19(17)23)29-32(27,28)30-31(24,25)26/h5-12,23H,1-4H3,(H,27,28)(H2,24,25,26). The number of benzene rings is 3. The zero-order valence-electron chi connectivity index (χ0n) is 17.9. The molecule has 3 aromatic carbocycles. The highest BCUT2D eigenvalue weighted by atomic mass is 31.3. The van der Waals surface area contributed by atoms with E-state index in [1.54, 1.807) is 6.07 Å². The maximum atomic E-state index is 12.3. The van der Waals surface area contributed by atoms with Crippen molar-refractivity contribution in [2.75, 3.05) is 0 Å². The molecule has 0 aliphatic rings. The Kier molecular flexibility index (Phi) is 6.68. The van der Waals surface area contributed by atoms with E-state index in [1.807, 2.05) is 64.1 Å². The summed E-state index contributed by atoms with van der Waals surface area (Å²) in [5.41, 5.74) is 5.81. The fourth-order valence-electron chi connectivity index (χ4n) is 3.79. The Morgan fingerprint density at radius 3 is 1.59 bits per heavy atom. The molecule has 0 aliphatic carbocycles. The van der Waals surface area contributed by atoms with Crippen LogP contribution in [0, 0.1) is 27.7 Å². The van der Waals surface area contributed by atoms with Crippen LogP contribution in [0.1, 0.15) is 22.3 Å². The molecule has 0 spiro atoms. The van der Waals surface area contributed by atoms with Gasteiger partial charge in [-0.15, -0.1) is 0 Å². The third kappa shape index (κ3) is 5.30. The van der Waals surface area contributed by atoms with Crippen LogP contribution in [-0.2, 0) is 13.4 Å². The lowest BCUT2D eigenvalue weighted by molar-refractivity contribution is 0.229.